The maximum absolute atomic E-state index is 5.41. The second-order valence-corrected chi connectivity index (χ2v) is 4.41. The molecule has 0 amide bonds. The average molecular weight is 260 g/mol. The van der Waals surface area contributed by atoms with Crippen molar-refractivity contribution in [1.29, 1.82) is 0 Å². The van der Waals surface area contributed by atoms with Gasteiger partial charge in [0.1, 0.15) is 5.75 Å². The lowest BCUT2D eigenvalue weighted by Crippen LogP contribution is -2.25. The molecule has 1 heterocycles. The van der Waals surface area contributed by atoms with Crippen molar-refractivity contribution in [2.75, 3.05) is 13.7 Å². The highest BCUT2D eigenvalue weighted by molar-refractivity contribution is 5.34. The molecule has 0 spiro atoms. The number of rotatable bonds is 6. The van der Waals surface area contributed by atoms with E-state index in [0.717, 1.165) is 24.4 Å². The molecule has 0 aliphatic rings. The van der Waals surface area contributed by atoms with E-state index in [4.69, 9.17) is 4.74 Å². The van der Waals surface area contributed by atoms with Crippen LogP contribution in [0.3, 0.4) is 0 Å². The molecule has 102 valence electrons. The minimum absolute atomic E-state index is 0.182. The monoisotopic (exact) mass is 260 g/mol. The molecule has 0 saturated carbocycles. The third kappa shape index (κ3) is 3.12. The summed E-state index contributed by atoms with van der Waals surface area (Å²) in [5.74, 6) is 0.917. The van der Waals surface area contributed by atoms with Crippen LogP contribution in [0, 0.1) is 0 Å². The lowest BCUT2D eigenvalue weighted by atomic mass is 10.0. The summed E-state index contributed by atoms with van der Waals surface area (Å²) in [6, 6.07) is 8.27. The first-order valence-corrected chi connectivity index (χ1v) is 6.46. The Morgan fingerprint density at radius 1 is 1.37 bits per heavy atom. The van der Waals surface area contributed by atoms with Crippen molar-refractivity contribution in [2.45, 2.75) is 19.4 Å². The summed E-state index contributed by atoms with van der Waals surface area (Å²) >= 11 is 0. The zero-order valence-electron chi connectivity index (χ0n) is 11.6. The number of methoxy groups -OCH3 is 1. The molecule has 0 radical (unpaired) electrons. The van der Waals surface area contributed by atoms with Gasteiger partial charge in [-0.3, -0.25) is 4.68 Å². The van der Waals surface area contributed by atoms with Crippen LogP contribution >= 0.6 is 0 Å². The lowest BCUT2D eigenvalue weighted by Gasteiger charge is -2.19. The Bertz CT molecular complexity index is 524. The quantitative estimate of drug-likeness (QED) is 0.859. The third-order valence-electron chi connectivity index (χ3n) is 3.17. The maximum Gasteiger partial charge on any atom is 0.122 e. The second kappa shape index (κ2) is 6.33. The Kier molecular flexibility index (Phi) is 4.52. The number of hydrogen-bond acceptors (Lipinski definition) is 4. The van der Waals surface area contributed by atoms with E-state index in [1.54, 1.807) is 7.11 Å². The zero-order chi connectivity index (χ0) is 13.7. The molecule has 5 nitrogen and oxygen atoms in total. The Hall–Kier alpha value is -1.88. The number of aromatic nitrogens is 3. The van der Waals surface area contributed by atoms with E-state index in [2.05, 4.69) is 28.6 Å². The standard InChI is InChI=1S/C14H20N4O/c1-4-15-12(13-10-16-17-18(13)2)9-11-7-5-6-8-14(11)19-3/h5-8,10,12,15H,4,9H2,1-3H3. The Labute approximate surface area is 113 Å². The van der Waals surface area contributed by atoms with Crippen LogP contribution in [0.4, 0.5) is 0 Å². The molecular weight excluding hydrogens is 240 g/mol. The molecule has 1 unspecified atom stereocenters. The Morgan fingerprint density at radius 3 is 2.79 bits per heavy atom. The topological polar surface area (TPSA) is 52.0 Å². The van der Waals surface area contributed by atoms with Crippen LogP contribution in [-0.2, 0) is 13.5 Å². The van der Waals surface area contributed by atoms with Crippen LogP contribution in [0.5, 0.6) is 5.75 Å². The van der Waals surface area contributed by atoms with Gasteiger partial charge in [0.2, 0.25) is 0 Å². The van der Waals surface area contributed by atoms with E-state index in [1.165, 1.54) is 5.56 Å². The summed E-state index contributed by atoms with van der Waals surface area (Å²) in [4.78, 5) is 0. The minimum atomic E-state index is 0.182. The molecule has 0 aliphatic carbocycles. The average Bonchev–Trinajstić information content (AvgIpc) is 2.85. The molecule has 0 aliphatic heterocycles. The van der Waals surface area contributed by atoms with Crippen molar-refractivity contribution >= 4 is 0 Å². The minimum Gasteiger partial charge on any atom is -0.496 e. The predicted octanol–water partition coefficient (Wildman–Crippen LogP) is 1.72. The van der Waals surface area contributed by atoms with E-state index in [-0.39, 0.29) is 6.04 Å². The predicted molar refractivity (Wildman–Crippen MR) is 74.1 cm³/mol. The van der Waals surface area contributed by atoms with Crippen LogP contribution in [0.1, 0.15) is 24.2 Å². The largest absolute Gasteiger partial charge is 0.496 e. The molecule has 0 fully saturated rings. The van der Waals surface area contributed by atoms with Gasteiger partial charge in [0.25, 0.3) is 0 Å². The summed E-state index contributed by atoms with van der Waals surface area (Å²) in [6.45, 7) is 2.99. The van der Waals surface area contributed by atoms with Gasteiger partial charge in [-0.1, -0.05) is 30.3 Å². The first-order valence-electron chi connectivity index (χ1n) is 6.46. The third-order valence-corrected chi connectivity index (χ3v) is 3.17. The van der Waals surface area contributed by atoms with Crippen molar-refractivity contribution in [2.24, 2.45) is 7.05 Å². The van der Waals surface area contributed by atoms with E-state index in [9.17, 15) is 0 Å². The van der Waals surface area contributed by atoms with Crippen LogP contribution in [-0.4, -0.2) is 28.6 Å². The highest BCUT2D eigenvalue weighted by atomic mass is 16.5. The van der Waals surface area contributed by atoms with Gasteiger partial charge in [0, 0.05) is 7.05 Å². The number of likely N-dealkylation sites (N-methyl/N-ethyl adjacent to an activating group) is 1. The van der Waals surface area contributed by atoms with Gasteiger partial charge in [0.15, 0.2) is 0 Å². The van der Waals surface area contributed by atoms with Crippen molar-refractivity contribution in [3.05, 3.63) is 41.7 Å². The molecule has 1 aromatic carbocycles. The number of ether oxygens (including phenoxy) is 1. The van der Waals surface area contributed by atoms with Crippen LogP contribution < -0.4 is 10.1 Å². The lowest BCUT2D eigenvalue weighted by molar-refractivity contribution is 0.404. The Balaban J connectivity index is 2.24. The first kappa shape index (κ1) is 13.5. The SMILES string of the molecule is CCNC(Cc1ccccc1OC)c1cnnn1C. The molecule has 0 saturated heterocycles. The highest BCUT2D eigenvalue weighted by Gasteiger charge is 2.17. The fourth-order valence-corrected chi connectivity index (χ4v) is 2.23. The second-order valence-electron chi connectivity index (χ2n) is 4.41. The number of nitrogens with one attached hydrogen (secondary N) is 1. The van der Waals surface area contributed by atoms with Crippen LogP contribution in [0.2, 0.25) is 0 Å². The van der Waals surface area contributed by atoms with Gasteiger partial charge < -0.3 is 10.1 Å². The zero-order valence-corrected chi connectivity index (χ0v) is 11.6. The fourth-order valence-electron chi connectivity index (χ4n) is 2.23. The van der Waals surface area contributed by atoms with Gasteiger partial charge in [-0.05, 0) is 24.6 Å². The summed E-state index contributed by atoms with van der Waals surface area (Å²) in [5, 5.41) is 11.4. The number of hydrogen-bond donors (Lipinski definition) is 1. The van der Waals surface area contributed by atoms with Crippen molar-refractivity contribution in [1.82, 2.24) is 20.3 Å². The molecule has 19 heavy (non-hydrogen) atoms. The summed E-state index contributed by atoms with van der Waals surface area (Å²) < 4.78 is 7.21. The number of aryl methyl sites for hydroxylation is 1. The molecule has 1 atom stereocenters. The number of nitrogens with zero attached hydrogens (tertiary/aromatic N) is 3. The smallest absolute Gasteiger partial charge is 0.122 e. The molecule has 0 bridgehead atoms. The summed E-state index contributed by atoms with van der Waals surface area (Å²) in [7, 11) is 3.61. The van der Waals surface area contributed by atoms with Crippen molar-refractivity contribution in [3.63, 3.8) is 0 Å². The molecule has 1 aromatic heterocycles. The molecule has 1 N–H and O–H groups in total. The number of benzene rings is 1. The van der Waals surface area contributed by atoms with Gasteiger partial charge in [-0.2, -0.15) is 0 Å². The molecule has 5 heteroatoms. The first-order chi connectivity index (χ1) is 9.26. The van der Waals surface area contributed by atoms with E-state index >= 15 is 0 Å². The fraction of sp³-hybridized carbons (Fsp3) is 0.429. The van der Waals surface area contributed by atoms with Gasteiger partial charge >= 0.3 is 0 Å². The highest BCUT2D eigenvalue weighted by Crippen LogP contribution is 2.24. The Morgan fingerprint density at radius 2 is 2.16 bits per heavy atom. The van der Waals surface area contributed by atoms with Crippen molar-refractivity contribution < 1.29 is 4.74 Å². The maximum atomic E-state index is 5.41. The molecule has 2 rings (SSSR count). The van der Waals surface area contributed by atoms with Crippen molar-refractivity contribution in [3.8, 4) is 5.75 Å². The van der Waals surface area contributed by atoms with E-state index < -0.39 is 0 Å². The van der Waals surface area contributed by atoms with Gasteiger partial charge in [-0.15, -0.1) is 5.10 Å². The molecular formula is C14H20N4O. The van der Waals surface area contributed by atoms with E-state index in [0.29, 0.717) is 0 Å². The van der Waals surface area contributed by atoms with Gasteiger partial charge in [-0.25, -0.2) is 0 Å². The summed E-state index contributed by atoms with van der Waals surface area (Å²) in [6.07, 6.45) is 2.65. The van der Waals surface area contributed by atoms with Crippen LogP contribution in [0.25, 0.3) is 0 Å². The van der Waals surface area contributed by atoms with Gasteiger partial charge in [0.05, 0.1) is 25.0 Å². The molecule has 2 aromatic rings. The summed E-state index contributed by atoms with van der Waals surface area (Å²) in [5.41, 5.74) is 2.25. The normalized spacial score (nSPS) is 12.4. The van der Waals surface area contributed by atoms with E-state index in [1.807, 2.05) is 36.1 Å². The number of para-hydroxylation sites is 1. The van der Waals surface area contributed by atoms with Crippen LogP contribution in [0.15, 0.2) is 30.5 Å².